The molecule has 1 aromatic rings. The summed E-state index contributed by atoms with van der Waals surface area (Å²) in [5, 5.41) is 0.906. The van der Waals surface area contributed by atoms with Crippen molar-refractivity contribution < 1.29 is 4.39 Å². The van der Waals surface area contributed by atoms with E-state index in [0.29, 0.717) is 11.8 Å². The van der Waals surface area contributed by atoms with Crippen molar-refractivity contribution in [2.75, 3.05) is 5.33 Å². The van der Waals surface area contributed by atoms with Gasteiger partial charge in [0.15, 0.2) is 0 Å². The van der Waals surface area contributed by atoms with Gasteiger partial charge in [-0.2, -0.15) is 0 Å². The summed E-state index contributed by atoms with van der Waals surface area (Å²) >= 11 is 3.50. The van der Waals surface area contributed by atoms with Crippen LogP contribution in [0.2, 0.25) is 0 Å². The first kappa shape index (κ1) is 12.7. The Bertz CT molecular complexity index is 296. The Morgan fingerprint density at radius 1 is 1.27 bits per heavy atom. The fourth-order valence-corrected chi connectivity index (χ4v) is 2.33. The molecule has 0 saturated heterocycles. The number of hydrogen-bond acceptors (Lipinski definition) is 0. The minimum atomic E-state index is -0.136. The average molecular weight is 273 g/mol. The van der Waals surface area contributed by atoms with Crippen molar-refractivity contribution in [3.05, 3.63) is 35.6 Å². The van der Waals surface area contributed by atoms with Gasteiger partial charge in [-0.1, -0.05) is 48.3 Å². The molecule has 15 heavy (non-hydrogen) atoms. The molecule has 0 saturated carbocycles. The molecular weight excluding hydrogens is 255 g/mol. The molecule has 0 N–H and O–H groups in total. The Balaban J connectivity index is 2.65. The van der Waals surface area contributed by atoms with E-state index in [2.05, 4.69) is 29.8 Å². The Morgan fingerprint density at radius 3 is 2.53 bits per heavy atom. The molecule has 1 aromatic carbocycles. The van der Waals surface area contributed by atoms with Crippen LogP contribution in [0, 0.1) is 11.7 Å². The maximum absolute atomic E-state index is 13.0. The maximum atomic E-state index is 13.0. The molecule has 0 spiro atoms. The largest absolute Gasteiger partial charge is 0.207 e. The van der Waals surface area contributed by atoms with Crippen LogP contribution in [0.1, 0.15) is 38.2 Å². The van der Waals surface area contributed by atoms with Crippen LogP contribution in [0.4, 0.5) is 4.39 Å². The van der Waals surface area contributed by atoms with E-state index in [1.165, 1.54) is 12.5 Å². The van der Waals surface area contributed by atoms with Crippen molar-refractivity contribution in [3.8, 4) is 0 Å². The Labute approximate surface area is 100 Å². The Kier molecular flexibility index (Phi) is 5.30. The van der Waals surface area contributed by atoms with Crippen molar-refractivity contribution >= 4 is 15.9 Å². The van der Waals surface area contributed by atoms with Gasteiger partial charge in [0, 0.05) is 5.33 Å². The van der Waals surface area contributed by atoms with E-state index in [4.69, 9.17) is 0 Å². The Morgan fingerprint density at radius 2 is 2.00 bits per heavy atom. The number of alkyl halides is 1. The van der Waals surface area contributed by atoms with Crippen LogP contribution in [-0.2, 0) is 0 Å². The molecule has 1 unspecified atom stereocenters. The molecule has 0 nitrogen and oxygen atoms in total. The summed E-state index contributed by atoms with van der Waals surface area (Å²) in [6, 6.07) is 6.94. The van der Waals surface area contributed by atoms with Crippen molar-refractivity contribution in [3.63, 3.8) is 0 Å². The average Bonchev–Trinajstić information content (AvgIpc) is 2.18. The van der Waals surface area contributed by atoms with E-state index in [1.807, 2.05) is 6.07 Å². The maximum Gasteiger partial charge on any atom is 0.123 e. The third-order valence-electron chi connectivity index (χ3n) is 2.60. The molecule has 0 heterocycles. The zero-order chi connectivity index (χ0) is 11.3. The predicted molar refractivity (Wildman–Crippen MR) is 67.0 cm³/mol. The van der Waals surface area contributed by atoms with E-state index in [-0.39, 0.29) is 5.82 Å². The molecule has 0 amide bonds. The van der Waals surface area contributed by atoms with E-state index < -0.39 is 0 Å². The van der Waals surface area contributed by atoms with Crippen molar-refractivity contribution in [1.82, 2.24) is 0 Å². The van der Waals surface area contributed by atoms with Gasteiger partial charge in [0.05, 0.1) is 0 Å². The summed E-state index contributed by atoms with van der Waals surface area (Å²) in [7, 11) is 0. The van der Waals surface area contributed by atoms with Gasteiger partial charge < -0.3 is 0 Å². The van der Waals surface area contributed by atoms with Crippen LogP contribution in [-0.4, -0.2) is 5.33 Å². The lowest BCUT2D eigenvalue weighted by Gasteiger charge is -2.15. The summed E-state index contributed by atoms with van der Waals surface area (Å²) in [4.78, 5) is 0. The minimum Gasteiger partial charge on any atom is -0.207 e. The lowest BCUT2D eigenvalue weighted by molar-refractivity contribution is 0.519. The topological polar surface area (TPSA) is 0 Å². The van der Waals surface area contributed by atoms with Gasteiger partial charge in [-0.15, -0.1) is 0 Å². The molecule has 0 aliphatic heterocycles. The molecular formula is C13H18BrF. The molecule has 0 radical (unpaired) electrons. The summed E-state index contributed by atoms with van der Waals surface area (Å²) in [5.41, 5.74) is 1.10. The highest BCUT2D eigenvalue weighted by molar-refractivity contribution is 9.09. The van der Waals surface area contributed by atoms with E-state index in [1.54, 1.807) is 12.1 Å². The first-order valence-electron chi connectivity index (χ1n) is 5.45. The third-order valence-corrected chi connectivity index (χ3v) is 3.38. The van der Waals surface area contributed by atoms with Crippen LogP contribution in [0.3, 0.4) is 0 Å². The molecule has 1 rings (SSSR count). The number of benzene rings is 1. The molecule has 0 fully saturated rings. The number of hydrogen-bond donors (Lipinski definition) is 0. The van der Waals surface area contributed by atoms with E-state index in [0.717, 1.165) is 17.3 Å². The standard InChI is InChI=1S/C13H18BrF/c1-10(2)6-7-12(9-14)11-4-3-5-13(15)8-11/h3-5,8,10,12H,6-7,9H2,1-2H3. The highest BCUT2D eigenvalue weighted by Gasteiger charge is 2.11. The summed E-state index contributed by atoms with van der Waals surface area (Å²) in [5.74, 6) is 1.01. The summed E-state index contributed by atoms with van der Waals surface area (Å²) in [6.45, 7) is 4.44. The van der Waals surface area contributed by atoms with Crippen molar-refractivity contribution in [2.45, 2.75) is 32.6 Å². The molecule has 0 bridgehead atoms. The first-order valence-corrected chi connectivity index (χ1v) is 6.57. The molecule has 1 atom stereocenters. The Hall–Kier alpha value is -0.370. The van der Waals surface area contributed by atoms with E-state index >= 15 is 0 Å². The van der Waals surface area contributed by atoms with Gasteiger partial charge in [0.25, 0.3) is 0 Å². The number of rotatable bonds is 5. The van der Waals surface area contributed by atoms with Crippen LogP contribution >= 0.6 is 15.9 Å². The second-order valence-corrected chi connectivity index (χ2v) is 5.02. The van der Waals surface area contributed by atoms with Crippen LogP contribution < -0.4 is 0 Å². The van der Waals surface area contributed by atoms with Gasteiger partial charge in [-0.25, -0.2) is 4.39 Å². The second kappa shape index (κ2) is 6.26. The lowest BCUT2D eigenvalue weighted by Crippen LogP contribution is -2.02. The molecule has 0 aromatic heterocycles. The second-order valence-electron chi connectivity index (χ2n) is 4.38. The summed E-state index contributed by atoms with van der Waals surface area (Å²) in [6.07, 6.45) is 2.30. The van der Waals surface area contributed by atoms with Gasteiger partial charge in [-0.3, -0.25) is 0 Å². The van der Waals surface area contributed by atoms with Gasteiger partial charge in [0.2, 0.25) is 0 Å². The normalized spacial score (nSPS) is 13.1. The molecule has 84 valence electrons. The molecule has 0 aliphatic rings. The van der Waals surface area contributed by atoms with Crippen LogP contribution in [0.25, 0.3) is 0 Å². The van der Waals surface area contributed by atoms with E-state index in [9.17, 15) is 4.39 Å². The third kappa shape index (κ3) is 4.33. The van der Waals surface area contributed by atoms with Crippen molar-refractivity contribution in [1.29, 1.82) is 0 Å². The predicted octanol–water partition coefficient (Wildman–Crippen LogP) is 4.74. The monoisotopic (exact) mass is 272 g/mol. The lowest BCUT2D eigenvalue weighted by atomic mass is 9.93. The fraction of sp³-hybridized carbons (Fsp3) is 0.538. The summed E-state index contributed by atoms with van der Waals surface area (Å²) < 4.78 is 13.0. The van der Waals surface area contributed by atoms with Crippen LogP contribution in [0.15, 0.2) is 24.3 Å². The SMILES string of the molecule is CC(C)CCC(CBr)c1cccc(F)c1. The van der Waals surface area contributed by atoms with Gasteiger partial charge in [0.1, 0.15) is 5.82 Å². The quantitative estimate of drug-likeness (QED) is 0.680. The smallest absolute Gasteiger partial charge is 0.123 e. The zero-order valence-corrected chi connectivity index (χ0v) is 10.9. The zero-order valence-electron chi connectivity index (χ0n) is 9.34. The van der Waals surface area contributed by atoms with Gasteiger partial charge >= 0.3 is 0 Å². The minimum absolute atomic E-state index is 0.136. The van der Waals surface area contributed by atoms with Crippen LogP contribution in [0.5, 0.6) is 0 Å². The first-order chi connectivity index (χ1) is 7.13. The number of halogens is 2. The van der Waals surface area contributed by atoms with Crippen molar-refractivity contribution in [2.24, 2.45) is 5.92 Å². The fourth-order valence-electron chi connectivity index (χ4n) is 1.63. The van der Waals surface area contributed by atoms with Gasteiger partial charge in [-0.05, 0) is 36.0 Å². The highest BCUT2D eigenvalue weighted by Crippen LogP contribution is 2.25. The molecule has 2 heteroatoms. The molecule has 0 aliphatic carbocycles. The highest BCUT2D eigenvalue weighted by atomic mass is 79.9.